The average molecular weight is 344 g/mol. The van der Waals surface area contributed by atoms with Crippen LogP contribution >= 0.6 is 11.6 Å². The molecule has 6 heteroatoms. The third kappa shape index (κ3) is 3.82. The zero-order valence-corrected chi connectivity index (χ0v) is 14.6. The van der Waals surface area contributed by atoms with Crippen molar-refractivity contribution in [2.75, 3.05) is 19.3 Å². The molecule has 0 heterocycles. The van der Waals surface area contributed by atoms with Crippen LogP contribution in [0.2, 0.25) is 5.02 Å². The molecular weight excluding hydrogens is 322 g/mol. The molecule has 1 amide bonds. The van der Waals surface area contributed by atoms with E-state index in [0.29, 0.717) is 17.5 Å². The van der Waals surface area contributed by atoms with Crippen molar-refractivity contribution in [3.05, 3.63) is 28.8 Å². The molecule has 1 fully saturated rings. The maximum absolute atomic E-state index is 12.6. The fraction of sp³-hybridized carbons (Fsp3) is 0.562. The number of amides is 1. The number of sulfone groups is 1. The van der Waals surface area contributed by atoms with Gasteiger partial charge >= 0.3 is 0 Å². The number of halogens is 1. The Morgan fingerprint density at radius 2 is 1.95 bits per heavy atom. The number of hydrogen-bond donors (Lipinski definition) is 0. The van der Waals surface area contributed by atoms with Crippen molar-refractivity contribution in [1.82, 2.24) is 4.90 Å². The highest BCUT2D eigenvalue weighted by Crippen LogP contribution is 2.27. The first-order chi connectivity index (χ1) is 10.3. The second kappa shape index (κ2) is 7.01. The Kier molecular flexibility index (Phi) is 5.50. The van der Waals surface area contributed by atoms with Gasteiger partial charge in [-0.1, -0.05) is 31.4 Å². The monoisotopic (exact) mass is 343 g/mol. The number of nitrogens with zero attached hydrogens (tertiary/aromatic N) is 1. The van der Waals surface area contributed by atoms with E-state index in [0.717, 1.165) is 12.8 Å². The molecule has 22 heavy (non-hydrogen) atoms. The van der Waals surface area contributed by atoms with E-state index in [1.165, 1.54) is 31.0 Å². The van der Waals surface area contributed by atoms with Crippen LogP contribution in [0.25, 0.3) is 0 Å². The van der Waals surface area contributed by atoms with Crippen molar-refractivity contribution in [3.63, 3.8) is 0 Å². The highest BCUT2D eigenvalue weighted by molar-refractivity contribution is 7.91. The fourth-order valence-electron chi connectivity index (χ4n) is 2.90. The molecule has 0 saturated heterocycles. The molecule has 0 unspecified atom stereocenters. The van der Waals surface area contributed by atoms with Gasteiger partial charge in [-0.2, -0.15) is 0 Å². The Balaban J connectivity index is 2.22. The summed E-state index contributed by atoms with van der Waals surface area (Å²) in [6.45, 7) is 2.28. The number of benzene rings is 1. The Morgan fingerprint density at radius 3 is 2.55 bits per heavy atom. The number of carbonyl (C=O) groups excluding carboxylic acids is 1. The highest BCUT2D eigenvalue weighted by atomic mass is 35.5. The zero-order valence-electron chi connectivity index (χ0n) is 13.0. The molecule has 4 nitrogen and oxygen atoms in total. The minimum atomic E-state index is -3.35. The summed E-state index contributed by atoms with van der Waals surface area (Å²) >= 11 is 6.10. The van der Waals surface area contributed by atoms with Gasteiger partial charge in [0.2, 0.25) is 0 Å². The molecule has 0 radical (unpaired) electrons. The van der Waals surface area contributed by atoms with Crippen LogP contribution in [0.15, 0.2) is 23.1 Å². The lowest BCUT2D eigenvalue weighted by Crippen LogP contribution is -2.31. The first-order valence-corrected chi connectivity index (χ1v) is 9.66. The van der Waals surface area contributed by atoms with Crippen LogP contribution < -0.4 is 0 Å². The van der Waals surface area contributed by atoms with Crippen LogP contribution in [0.5, 0.6) is 0 Å². The molecule has 0 aliphatic heterocycles. The van der Waals surface area contributed by atoms with Crippen molar-refractivity contribution in [2.45, 2.75) is 37.5 Å². The summed E-state index contributed by atoms with van der Waals surface area (Å²) in [4.78, 5) is 14.4. The van der Waals surface area contributed by atoms with Crippen molar-refractivity contribution in [3.8, 4) is 0 Å². The van der Waals surface area contributed by atoms with Gasteiger partial charge in [0.25, 0.3) is 5.91 Å². The molecule has 1 aromatic rings. The Hall–Kier alpha value is -1.07. The number of hydrogen-bond acceptors (Lipinski definition) is 3. The summed E-state index contributed by atoms with van der Waals surface area (Å²) < 4.78 is 23.9. The second-order valence-corrected chi connectivity index (χ2v) is 8.57. The van der Waals surface area contributed by atoms with E-state index in [1.807, 2.05) is 0 Å². The predicted octanol–water partition coefficient (Wildman–Crippen LogP) is 3.40. The molecule has 122 valence electrons. The lowest BCUT2D eigenvalue weighted by molar-refractivity contribution is 0.0773. The average Bonchev–Trinajstić information content (AvgIpc) is 2.99. The maximum atomic E-state index is 12.6. The highest BCUT2D eigenvalue weighted by Gasteiger charge is 2.23. The second-order valence-electron chi connectivity index (χ2n) is 5.88. The summed E-state index contributed by atoms with van der Waals surface area (Å²) in [5, 5.41) is 0.290. The SMILES string of the molecule is CCS(=O)(=O)c1ccc(Cl)c(C(=O)N(C)CC2CCCC2)c1. The molecule has 1 aliphatic rings. The van der Waals surface area contributed by atoms with E-state index in [2.05, 4.69) is 0 Å². The van der Waals surface area contributed by atoms with Crippen LogP contribution in [0.4, 0.5) is 0 Å². The van der Waals surface area contributed by atoms with Crippen molar-refractivity contribution < 1.29 is 13.2 Å². The maximum Gasteiger partial charge on any atom is 0.255 e. The van der Waals surface area contributed by atoms with Gasteiger partial charge in [0.15, 0.2) is 9.84 Å². The minimum absolute atomic E-state index is 0.000175. The summed E-state index contributed by atoms with van der Waals surface area (Å²) in [5.74, 6) is 0.320. The lowest BCUT2D eigenvalue weighted by atomic mass is 10.1. The molecule has 1 aromatic carbocycles. The molecule has 2 rings (SSSR count). The summed E-state index contributed by atoms with van der Waals surface area (Å²) in [6.07, 6.45) is 4.74. The van der Waals surface area contributed by atoms with Crippen molar-refractivity contribution >= 4 is 27.3 Å². The van der Waals surface area contributed by atoms with Crippen LogP contribution in [-0.2, 0) is 9.84 Å². The molecule has 1 saturated carbocycles. The van der Waals surface area contributed by atoms with Crippen molar-refractivity contribution in [2.24, 2.45) is 5.92 Å². The first kappa shape index (κ1) is 17.3. The van der Waals surface area contributed by atoms with E-state index >= 15 is 0 Å². The quantitative estimate of drug-likeness (QED) is 0.823. The molecular formula is C16H22ClNO3S. The summed E-state index contributed by atoms with van der Waals surface area (Å²) in [7, 11) is -1.60. The third-order valence-corrected chi connectivity index (χ3v) is 6.32. The van der Waals surface area contributed by atoms with E-state index < -0.39 is 9.84 Å². The topological polar surface area (TPSA) is 54.5 Å². The fourth-order valence-corrected chi connectivity index (χ4v) is 4.00. The summed E-state index contributed by atoms with van der Waals surface area (Å²) in [6, 6.07) is 4.34. The van der Waals surface area contributed by atoms with Gasteiger partial charge in [0.05, 0.1) is 21.2 Å². The molecule has 0 bridgehead atoms. The molecule has 0 N–H and O–H groups in total. The van der Waals surface area contributed by atoms with Crippen molar-refractivity contribution in [1.29, 1.82) is 0 Å². The van der Waals surface area contributed by atoms with Crippen LogP contribution in [0, 0.1) is 5.92 Å². The molecule has 0 aromatic heterocycles. The van der Waals surface area contributed by atoms with Gasteiger partial charge in [0, 0.05) is 13.6 Å². The van der Waals surface area contributed by atoms with E-state index in [-0.39, 0.29) is 22.1 Å². The smallest absolute Gasteiger partial charge is 0.255 e. The zero-order chi connectivity index (χ0) is 16.3. The molecule has 0 spiro atoms. The van der Waals surface area contributed by atoms with Gasteiger partial charge < -0.3 is 4.90 Å². The molecule has 0 atom stereocenters. The first-order valence-electron chi connectivity index (χ1n) is 7.63. The normalized spacial score (nSPS) is 16.0. The van der Waals surface area contributed by atoms with E-state index in [4.69, 9.17) is 11.6 Å². The largest absolute Gasteiger partial charge is 0.341 e. The van der Waals surface area contributed by atoms with Crippen LogP contribution in [0.3, 0.4) is 0 Å². The Labute approximate surface area is 137 Å². The van der Waals surface area contributed by atoms with Crippen LogP contribution in [-0.4, -0.2) is 38.6 Å². The number of carbonyl (C=O) groups is 1. The molecule has 1 aliphatic carbocycles. The van der Waals surface area contributed by atoms with Gasteiger partial charge in [-0.05, 0) is 37.0 Å². The van der Waals surface area contributed by atoms with E-state index in [9.17, 15) is 13.2 Å². The van der Waals surface area contributed by atoms with Gasteiger partial charge in [-0.15, -0.1) is 0 Å². The van der Waals surface area contributed by atoms with Gasteiger partial charge in [0.1, 0.15) is 0 Å². The summed E-state index contributed by atoms with van der Waals surface area (Å²) in [5.41, 5.74) is 0.261. The van der Waals surface area contributed by atoms with Crippen LogP contribution in [0.1, 0.15) is 43.0 Å². The minimum Gasteiger partial charge on any atom is -0.341 e. The Bertz CT molecular complexity index is 651. The van der Waals surface area contributed by atoms with Gasteiger partial charge in [-0.3, -0.25) is 4.79 Å². The Morgan fingerprint density at radius 1 is 1.32 bits per heavy atom. The lowest BCUT2D eigenvalue weighted by Gasteiger charge is -2.22. The van der Waals surface area contributed by atoms with Gasteiger partial charge in [-0.25, -0.2) is 8.42 Å². The third-order valence-electron chi connectivity index (χ3n) is 4.26. The van der Waals surface area contributed by atoms with E-state index in [1.54, 1.807) is 18.9 Å². The standard InChI is InChI=1S/C16H22ClNO3S/c1-3-22(20,21)13-8-9-15(17)14(10-13)16(19)18(2)11-12-6-4-5-7-12/h8-10,12H,3-7,11H2,1-2H3. The number of rotatable bonds is 5. The predicted molar refractivity (Wildman–Crippen MR) is 88.1 cm³/mol.